The highest BCUT2D eigenvalue weighted by atomic mass is 35.5. The van der Waals surface area contributed by atoms with Crippen LogP contribution in [0.25, 0.3) is 0 Å². The number of benzene rings is 1. The molecule has 25 heavy (non-hydrogen) atoms. The van der Waals surface area contributed by atoms with E-state index in [9.17, 15) is 4.79 Å². The van der Waals surface area contributed by atoms with E-state index in [0.29, 0.717) is 19.7 Å². The monoisotopic (exact) mass is 391 g/mol. The maximum Gasteiger partial charge on any atom is 0.238 e. The van der Waals surface area contributed by atoms with Gasteiger partial charge in [-0.15, -0.1) is 24.8 Å². The van der Waals surface area contributed by atoms with Crippen molar-refractivity contribution in [3.8, 4) is 0 Å². The molecule has 1 aliphatic heterocycles. The highest BCUT2D eigenvalue weighted by Crippen LogP contribution is 2.29. The van der Waals surface area contributed by atoms with Gasteiger partial charge in [0, 0.05) is 32.4 Å². The van der Waals surface area contributed by atoms with Crippen LogP contribution in [-0.2, 0) is 22.6 Å². The van der Waals surface area contributed by atoms with Gasteiger partial charge in [-0.05, 0) is 36.1 Å². The number of nitrogens with one attached hydrogen (secondary N) is 2. The molecule has 0 saturated heterocycles. The number of hydrogen-bond acceptors (Lipinski definition) is 4. The van der Waals surface area contributed by atoms with Crippen molar-refractivity contribution in [1.29, 1.82) is 0 Å². The Hall–Kier alpha value is -0.850. The molecule has 0 spiro atoms. The largest absolute Gasteiger partial charge is 0.383 e. The van der Waals surface area contributed by atoms with Gasteiger partial charge in [0.05, 0.1) is 13.2 Å². The molecule has 1 aromatic rings. The van der Waals surface area contributed by atoms with Crippen LogP contribution in [0.15, 0.2) is 18.2 Å². The second-order valence-electron chi connectivity index (χ2n) is 6.55. The van der Waals surface area contributed by atoms with Crippen LogP contribution in [0.3, 0.4) is 0 Å². The molecule has 0 bridgehead atoms. The third-order valence-corrected chi connectivity index (χ3v) is 4.11. The Morgan fingerprint density at radius 1 is 1.28 bits per heavy atom. The lowest BCUT2D eigenvalue weighted by molar-refractivity contribution is -0.115. The summed E-state index contributed by atoms with van der Waals surface area (Å²) in [5.74, 6) is 0.714. The third-order valence-electron chi connectivity index (χ3n) is 4.11. The summed E-state index contributed by atoms with van der Waals surface area (Å²) in [6.07, 6.45) is 1.21. The molecule has 0 aromatic heterocycles. The van der Waals surface area contributed by atoms with Crippen LogP contribution in [0, 0.1) is 5.92 Å². The van der Waals surface area contributed by atoms with Crippen LogP contribution in [0.4, 0.5) is 5.69 Å². The number of ether oxygens (including phenoxy) is 1. The molecule has 0 fully saturated rings. The lowest BCUT2D eigenvalue weighted by Crippen LogP contribution is -2.30. The molecule has 2 N–H and O–H groups in total. The van der Waals surface area contributed by atoms with Crippen molar-refractivity contribution < 1.29 is 9.53 Å². The van der Waals surface area contributed by atoms with Crippen LogP contribution in [0.5, 0.6) is 0 Å². The van der Waals surface area contributed by atoms with E-state index in [1.54, 1.807) is 7.11 Å². The predicted octanol–water partition coefficient (Wildman–Crippen LogP) is 3.07. The van der Waals surface area contributed by atoms with Gasteiger partial charge in [0.25, 0.3) is 0 Å². The minimum Gasteiger partial charge on any atom is -0.383 e. The third kappa shape index (κ3) is 7.92. The predicted molar refractivity (Wildman–Crippen MR) is 108 cm³/mol. The maximum absolute atomic E-state index is 12.0. The van der Waals surface area contributed by atoms with Gasteiger partial charge in [0.15, 0.2) is 0 Å². The molecule has 1 aliphatic rings. The molecule has 0 aliphatic carbocycles. The van der Waals surface area contributed by atoms with Gasteiger partial charge in [0.1, 0.15) is 0 Å². The van der Waals surface area contributed by atoms with Crippen LogP contribution in [0.2, 0.25) is 0 Å². The Morgan fingerprint density at radius 2 is 2.04 bits per heavy atom. The molecular formula is C18H31Cl2N3O2. The van der Waals surface area contributed by atoms with E-state index in [1.807, 2.05) is 12.1 Å². The zero-order chi connectivity index (χ0) is 16.7. The SMILES string of the molecule is COCCNCC(=O)Nc1cccc2c1CN(CCC(C)C)C2.Cl.Cl. The smallest absolute Gasteiger partial charge is 0.238 e. The molecule has 5 nitrogen and oxygen atoms in total. The first-order chi connectivity index (χ1) is 11.1. The normalized spacial score (nSPS) is 13.1. The summed E-state index contributed by atoms with van der Waals surface area (Å²) in [5, 5.41) is 6.10. The number of nitrogens with zero attached hydrogens (tertiary/aromatic N) is 1. The van der Waals surface area contributed by atoms with E-state index in [1.165, 1.54) is 17.5 Å². The van der Waals surface area contributed by atoms with E-state index in [0.717, 1.165) is 31.2 Å². The number of hydrogen-bond donors (Lipinski definition) is 2. The zero-order valence-electron chi connectivity index (χ0n) is 15.3. The fraction of sp³-hybridized carbons (Fsp3) is 0.611. The first-order valence-corrected chi connectivity index (χ1v) is 8.42. The Kier molecular flexibility index (Phi) is 12.1. The number of halogens is 2. The van der Waals surface area contributed by atoms with Crippen molar-refractivity contribution in [3.63, 3.8) is 0 Å². The van der Waals surface area contributed by atoms with Gasteiger partial charge in [-0.2, -0.15) is 0 Å². The summed E-state index contributed by atoms with van der Waals surface area (Å²) in [5.41, 5.74) is 3.55. The minimum absolute atomic E-state index is 0. The van der Waals surface area contributed by atoms with Crippen LogP contribution >= 0.6 is 24.8 Å². The summed E-state index contributed by atoms with van der Waals surface area (Å²) in [6.45, 7) is 9.13. The second-order valence-corrected chi connectivity index (χ2v) is 6.55. The molecule has 144 valence electrons. The molecule has 0 radical (unpaired) electrons. The van der Waals surface area contributed by atoms with Crippen molar-refractivity contribution >= 4 is 36.4 Å². The fourth-order valence-electron chi connectivity index (χ4n) is 2.78. The molecule has 0 unspecified atom stereocenters. The van der Waals surface area contributed by atoms with Gasteiger partial charge < -0.3 is 15.4 Å². The van der Waals surface area contributed by atoms with Crippen molar-refractivity contribution in [1.82, 2.24) is 10.2 Å². The van der Waals surface area contributed by atoms with Crippen molar-refractivity contribution in [2.45, 2.75) is 33.4 Å². The fourth-order valence-corrected chi connectivity index (χ4v) is 2.78. The molecule has 0 saturated carbocycles. The highest BCUT2D eigenvalue weighted by molar-refractivity contribution is 5.93. The number of methoxy groups -OCH3 is 1. The quantitative estimate of drug-likeness (QED) is 0.635. The molecule has 1 heterocycles. The van der Waals surface area contributed by atoms with Gasteiger partial charge in [0.2, 0.25) is 5.91 Å². The summed E-state index contributed by atoms with van der Waals surface area (Å²) >= 11 is 0. The van der Waals surface area contributed by atoms with E-state index in [2.05, 4.69) is 35.4 Å². The summed E-state index contributed by atoms with van der Waals surface area (Å²) < 4.78 is 4.95. The molecular weight excluding hydrogens is 361 g/mol. The number of amides is 1. The van der Waals surface area contributed by atoms with Crippen LogP contribution in [-0.4, -0.2) is 44.2 Å². The number of anilines is 1. The zero-order valence-corrected chi connectivity index (χ0v) is 17.0. The molecule has 1 amide bonds. The maximum atomic E-state index is 12.0. The topological polar surface area (TPSA) is 53.6 Å². The Labute approximate surface area is 163 Å². The number of carbonyl (C=O) groups is 1. The van der Waals surface area contributed by atoms with Gasteiger partial charge in [-0.3, -0.25) is 9.69 Å². The Morgan fingerprint density at radius 3 is 2.72 bits per heavy atom. The van der Waals surface area contributed by atoms with E-state index < -0.39 is 0 Å². The van der Waals surface area contributed by atoms with Crippen molar-refractivity contribution in [2.24, 2.45) is 5.92 Å². The van der Waals surface area contributed by atoms with Crippen molar-refractivity contribution in [3.05, 3.63) is 29.3 Å². The Bertz CT molecular complexity index is 527. The van der Waals surface area contributed by atoms with Gasteiger partial charge in [-0.1, -0.05) is 26.0 Å². The average Bonchev–Trinajstić information content (AvgIpc) is 2.94. The first kappa shape index (κ1) is 24.1. The number of rotatable bonds is 9. The van der Waals surface area contributed by atoms with Crippen LogP contribution in [0.1, 0.15) is 31.4 Å². The standard InChI is InChI=1S/C18H29N3O2.2ClH/c1-14(2)7-9-21-12-15-5-4-6-17(16(15)13-21)20-18(22)11-19-8-10-23-3;;/h4-6,14,19H,7-13H2,1-3H3,(H,20,22);2*1H. The average molecular weight is 392 g/mol. The Balaban J connectivity index is 0.00000288. The highest BCUT2D eigenvalue weighted by Gasteiger charge is 2.22. The number of fused-ring (bicyclic) bond motifs is 1. The first-order valence-electron chi connectivity index (χ1n) is 8.42. The molecule has 0 atom stereocenters. The summed E-state index contributed by atoms with van der Waals surface area (Å²) in [7, 11) is 1.65. The van der Waals surface area contributed by atoms with E-state index in [-0.39, 0.29) is 30.7 Å². The lowest BCUT2D eigenvalue weighted by atomic mass is 10.1. The molecule has 2 rings (SSSR count). The molecule has 1 aromatic carbocycles. The van der Waals surface area contributed by atoms with Crippen molar-refractivity contribution in [2.75, 3.05) is 38.7 Å². The van der Waals surface area contributed by atoms with E-state index in [4.69, 9.17) is 4.74 Å². The lowest BCUT2D eigenvalue weighted by Gasteiger charge is -2.16. The second kappa shape index (κ2) is 12.5. The number of carbonyl (C=O) groups excluding carboxylic acids is 1. The summed E-state index contributed by atoms with van der Waals surface area (Å²) in [6, 6.07) is 6.19. The van der Waals surface area contributed by atoms with Gasteiger partial charge >= 0.3 is 0 Å². The van der Waals surface area contributed by atoms with Gasteiger partial charge in [-0.25, -0.2) is 0 Å². The summed E-state index contributed by atoms with van der Waals surface area (Å²) in [4.78, 5) is 14.5. The minimum atomic E-state index is -0.00451. The molecule has 7 heteroatoms. The van der Waals surface area contributed by atoms with Crippen LogP contribution < -0.4 is 10.6 Å². The van der Waals surface area contributed by atoms with E-state index >= 15 is 0 Å².